The lowest BCUT2D eigenvalue weighted by Crippen LogP contribution is -2.54. The Morgan fingerprint density at radius 1 is 0.951 bits per heavy atom. The van der Waals surface area contributed by atoms with Crippen LogP contribution in [0.4, 0.5) is 5.69 Å². The number of nitrogens with zero attached hydrogens (tertiary/aromatic N) is 2. The number of sulfonamides is 1. The first kappa shape index (κ1) is 32.5. The number of hydrogen-bond donors (Lipinski definition) is 1. The van der Waals surface area contributed by atoms with E-state index >= 15 is 0 Å². The number of amides is 2. The molecular formula is C29H32Cl3N3O5S. The molecule has 0 aliphatic carbocycles. The number of benzene rings is 3. The second-order valence-electron chi connectivity index (χ2n) is 10.4. The molecule has 2 amide bonds. The summed E-state index contributed by atoms with van der Waals surface area (Å²) in [7, 11) is -2.78. The van der Waals surface area contributed by atoms with Crippen molar-refractivity contribution in [1.29, 1.82) is 0 Å². The van der Waals surface area contributed by atoms with Crippen molar-refractivity contribution in [3.8, 4) is 5.75 Å². The number of hydrogen-bond acceptors (Lipinski definition) is 5. The second kappa shape index (κ2) is 13.3. The van der Waals surface area contributed by atoms with Crippen LogP contribution in [0, 0.1) is 0 Å². The Morgan fingerprint density at radius 2 is 1.61 bits per heavy atom. The molecule has 0 bridgehead atoms. The van der Waals surface area contributed by atoms with E-state index in [4.69, 9.17) is 39.5 Å². The predicted molar refractivity (Wildman–Crippen MR) is 163 cm³/mol. The van der Waals surface area contributed by atoms with Gasteiger partial charge in [-0.05, 0) is 87.9 Å². The van der Waals surface area contributed by atoms with E-state index in [9.17, 15) is 18.0 Å². The monoisotopic (exact) mass is 639 g/mol. The summed E-state index contributed by atoms with van der Waals surface area (Å²) in [5.74, 6) is -0.552. The molecule has 0 radical (unpaired) electrons. The van der Waals surface area contributed by atoms with Crippen LogP contribution >= 0.6 is 34.8 Å². The summed E-state index contributed by atoms with van der Waals surface area (Å²) < 4.78 is 33.9. The lowest BCUT2D eigenvalue weighted by Gasteiger charge is -2.33. The van der Waals surface area contributed by atoms with Gasteiger partial charge in [-0.15, -0.1) is 0 Å². The quantitative estimate of drug-likeness (QED) is 0.286. The minimum Gasteiger partial charge on any atom is -0.497 e. The summed E-state index contributed by atoms with van der Waals surface area (Å²) in [6.07, 6.45) is 0. The largest absolute Gasteiger partial charge is 0.497 e. The van der Waals surface area contributed by atoms with Gasteiger partial charge in [0.15, 0.2) is 0 Å². The van der Waals surface area contributed by atoms with E-state index in [1.807, 2.05) is 20.8 Å². The van der Waals surface area contributed by atoms with E-state index in [0.29, 0.717) is 16.3 Å². The van der Waals surface area contributed by atoms with Gasteiger partial charge in [0.2, 0.25) is 11.8 Å². The number of rotatable bonds is 10. The zero-order valence-electron chi connectivity index (χ0n) is 23.3. The van der Waals surface area contributed by atoms with E-state index < -0.39 is 40.0 Å². The van der Waals surface area contributed by atoms with Crippen molar-refractivity contribution < 1.29 is 22.7 Å². The topological polar surface area (TPSA) is 96.0 Å². The maximum Gasteiger partial charge on any atom is 0.264 e. The number of anilines is 1. The van der Waals surface area contributed by atoms with Crippen molar-refractivity contribution in [3.63, 3.8) is 0 Å². The molecule has 3 rings (SSSR count). The van der Waals surface area contributed by atoms with Gasteiger partial charge in [0.25, 0.3) is 10.0 Å². The number of carbonyl (C=O) groups excluding carboxylic acids is 2. The maximum atomic E-state index is 14.0. The van der Waals surface area contributed by atoms with Crippen LogP contribution in [0.5, 0.6) is 5.75 Å². The Bertz CT molecular complexity index is 1510. The summed E-state index contributed by atoms with van der Waals surface area (Å²) in [6, 6.07) is 15.9. The smallest absolute Gasteiger partial charge is 0.264 e. The number of nitrogens with one attached hydrogen (secondary N) is 1. The molecule has 8 nitrogen and oxygen atoms in total. The number of halogens is 3. The van der Waals surface area contributed by atoms with Crippen molar-refractivity contribution in [2.75, 3.05) is 18.0 Å². The van der Waals surface area contributed by atoms with Gasteiger partial charge in [-0.25, -0.2) is 8.42 Å². The molecular weight excluding hydrogens is 609 g/mol. The van der Waals surface area contributed by atoms with Gasteiger partial charge in [-0.2, -0.15) is 0 Å². The fourth-order valence-electron chi connectivity index (χ4n) is 3.93. The van der Waals surface area contributed by atoms with Gasteiger partial charge >= 0.3 is 0 Å². The molecule has 220 valence electrons. The first-order chi connectivity index (χ1) is 19.1. The molecule has 1 N–H and O–H groups in total. The highest BCUT2D eigenvalue weighted by molar-refractivity contribution is 7.92. The Labute approximate surface area is 256 Å². The standard InChI is InChI=1S/C29H32Cl3N3O5S/c1-19(28(37)33-29(2,3)4)34(17-20-9-14-25(31)26(32)15-20)27(36)18-35(22-8-6-7-21(30)16-22)41(38,39)24-12-10-23(40-5)11-13-24/h6-16,19H,17-18H2,1-5H3,(H,33,37)/t19-/m1/s1. The summed E-state index contributed by atoms with van der Waals surface area (Å²) >= 11 is 18.5. The van der Waals surface area contributed by atoms with Gasteiger partial charge in [-0.3, -0.25) is 13.9 Å². The van der Waals surface area contributed by atoms with Crippen LogP contribution in [0.3, 0.4) is 0 Å². The molecule has 3 aromatic rings. The Hall–Kier alpha value is -2.98. The molecule has 41 heavy (non-hydrogen) atoms. The molecule has 12 heteroatoms. The summed E-state index contributed by atoms with van der Waals surface area (Å²) in [5, 5.41) is 3.79. The lowest BCUT2D eigenvalue weighted by molar-refractivity contribution is -0.140. The van der Waals surface area contributed by atoms with Gasteiger partial charge in [-0.1, -0.05) is 46.9 Å². The van der Waals surface area contributed by atoms with E-state index in [0.717, 1.165) is 4.31 Å². The van der Waals surface area contributed by atoms with Crippen molar-refractivity contribution >= 4 is 62.3 Å². The Balaban J connectivity index is 2.05. The van der Waals surface area contributed by atoms with Crippen LogP contribution in [-0.4, -0.2) is 50.4 Å². The first-order valence-corrected chi connectivity index (χ1v) is 15.2. The van der Waals surface area contributed by atoms with Gasteiger partial charge in [0.1, 0.15) is 18.3 Å². The fraction of sp³-hybridized carbons (Fsp3) is 0.310. The van der Waals surface area contributed by atoms with Crippen LogP contribution in [0.1, 0.15) is 33.3 Å². The minimum atomic E-state index is -4.25. The molecule has 0 aromatic heterocycles. The van der Waals surface area contributed by atoms with Crippen molar-refractivity contribution in [1.82, 2.24) is 10.2 Å². The highest BCUT2D eigenvalue weighted by Crippen LogP contribution is 2.28. The number of methoxy groups -OCH3 is 1. The molecule has 0 aliphatic rings. The first-order valence-electron chi connectivity index (χ1n) is 12.6. The van der Waals surface area contributed by atoms with Crippen molar-refractivity contribution in [2.24, 2.45) is 0 Å². The minimum absolute atomic E-state index is 0.0274. The summed E-state index contributed by atoms with van der Waals surface area (Å²) in [5.41, 5.74) is 0.229. The second-order valence-corrected chi connectivity index (χ2v) is 13.5. The Morgan fingerprint density at radius 3 is 2.17 bits per heavy atom. The van der Waals surface area contributed by atoms with E-state index in [-0.39, 0.29) is 27.2 Å². The molecule has 0 aliphatic heterocycles. The lowest BCUT2D eigenvalue weighted by atomic mass is 10.1. The molecule has 0 unspecified atom stereocenters. The SMILES string of the molecule is COc1ccc(S(=O)(=O)N(CC(=O)N(Cc2ccc(Cl)c(Cl)c2)[C@H](C)C(=O)NC(C)(C)C)c2cccc(Cl)c2)cc1. The average Bonchev–Trinajstić information content (AvgIpc) is 2.90. The molecule has 1 atom stereocenters. The molecule has 0 spiro atoms. The highest BCUT2D eigenvalue weighted by Gasteiger charge is 2.33. The van der Waals surface area contributed by atoms with Gasteiger partial charge in [0.05, 0.1) is 27.7 Å². The molecule has 3 aromatic carbocycles. The maximum absolute atomic E-state index is 14.0. The van der Waals surface area contributed by atoms with Crippen LogP contribution < -0.4 is 14.4 Å². The fourth-order valence-corrected chi connectivity index (χ4v) is 5.84. The zero-order chi connectivity index (χ0) is 30.5. The predicted octanol–water partition coefficient (Wildman–Crippen LogP) is 6.18. The highest BCUT2D eigenvalue weighted by atomic mass is 35.5. The molecule has 0 saturated heterocycles. The summed E-state index contributed by atoms with van der Waals surface area (Å²) in [6.45, 7) is 6.42. The van der Waals surface area contributed by atoms with E-state index in [1.165, 1.54) is 42.3 Å². The number of carbonyl (C=O) groups is 2. The third-order valence-electron chi connectivity index (χ3n) is 6.02. The van der Waals surface area contributed by atoms with Crippen LogP contribution in [0.2, 0.25) is 15.1 Å². The van der Waals surface area contributed by atoms with E-state index in [2.05, 4.69) is 5.32 Å². The number of ether oxygens (including phenoxy) is 1. The van der Waals surface area contributed by atoms with Gasteiger partial charge in [0, 0.05) is 17.1 Å². The zero-order valence-corrected chi connectivity index (χ0v) is 26.4. The van der Waals surface area contributed by atoms with Crippen molar-refractivity contribution in [3.05, 3.63) is 87.4 Å². The van der Waals surface area contributed by atoms with Crippen LogP contribution in [0.15, 0.2) is 71.6 Å². The molecule has 0 heterocycles. The van der Waals surface area contributed by atoms with E-state index in [1.54, 1.807) is 43.3 Å². The third kappa shape index (κ3) is 8.52. The molecule has 0 fully saturated rings. The molecule has 0 saturated carbocycles. The van der Waals surface area contributed by atoms with Crippen molar-refractivity contribution in [2.45, 2.75) is 50.7 Å². The van der Waals surface area contributed by atoms with Gasteiger partial charge < -0.3 is 15.0 Å². The van der Waals surface area contributed by atoms with Crippen LogP contribution in [0.25, 0.3) is 0 Å². The third-order valence-corrected chi connectivity index (χ3v) is 8.79. The summed E-state index contributed by atoms with van der Waals surface area (Å²) in [4.78, 5) is 28.4. The van der Waals surface area contributed by atoms with Crippen LogP contribution in [-0.2, 0) is 26.2 Å². The normalized spacial score (nSPS) is 12.4. The Kier molecular flexibility index (Phi) is 10.6. The average molecular weight is 641 g/mol.